The molecule has 2 aromatic rings. The largest absolute Gasteiger partial charge is 2.00 e. The van der Waals surface area contributed by atoms with Crippen molar-refractivity contribution in [3.8, 4) is 0 Å². The quantitative estimate of drug-likeness (QED) is 0.140. The van der Waals surface area contributed by atoms with Gasteiger partial charge in [-0.3, -0.25) is 19.8 Å². The third-order valence-corrected chi connectivity index (χ3v) is 14.5. The van der Waals surface area contributed by atoms with Crippen LogP contribution in [0.5, 0.6) is 0 Å². The van der Waals surface area contributed by atoms with Crippen molar-refractivity contribution < 1.29 is 69.4 Å². The first kappa shape index (κ1) is 44.2. The molecule has 2 saturated carbocycles. The molecule has 6 aliphatic carbocycles. The van der Waals surface area contributed by atoms with Gasteiger partial charge in [0, 0.05) is 37.6 Å². The summed E-state index contributed by atoms with van der Waals surface area (Å²) in [4.78, 5) is 15.6. The monoisotopic (exact) mass is 863 g/mol. The van der Waals surface area contributed by atoms with Crippen LogP contribution in [-0.2, 0) is 63.2 Å². The Kier molecular flexibility index (Phi) is 12.4. The van der Waals surface area contributed by atoms with Gasteiger partial charge in [-0.15, -0.1) is 0 Å². The molecule has 0 spiro atoms. The molecule has 307 valence electrons. The van der Waals surface area contributed by atoms with Crippen LogP contribution in [0.4, 0.5) is 26.3 Å². The molecule has 4 fully saturated rings. The van der Waals surface area contributed by atoms with E-state index in [2.05, 4.69) is 62.0 Å². The molecule has 4 bridgehead atoms. The van der Waals surface area contributed by atoms with Crippen LogP contribution in [0.15, 0.2) is 24.5 Å². The molecule has 10 nitrogen and oxygen atoms in total. The minimum Gasteiger partial charge on any atom is -0.741 e. The van der Waals surface area contributed by atoms with Gasteiger partial charge in [0.15, 0.2) is 20.2 Å². The second-order valence-corrected chi connectivity index (χ2v) is 19.7. The second kappa shape index (κ2) is 15.4. The summed E-state index contributed by atoms with van der Waals surface area (Å²) >= 11 is 0. The SMILES string of the molecule is CC1(C)[C@H]2Cc3cc(CN4CCC[C@@H]4[C@H]4CCCN4Cc4cc5c(cn4)[C@@H]4C[C@H](C5)C4(C)C)ncc3[C@@H]1C2.O=S(=O)([O-])C(F)(F)F.O=S(=O)([O-])C(F)(F)F.[Mn+2]. The standard InChI is InChI=1S/C34H46N4.2CHF3O3S.Mn/c1-33(2)23-11-21-13-25(35-17-27(21)29(33)15-23)19-37-9-5-7-31(37)32-8-6-10-38(32)20-26-14-22-12-24-16-30(34(24,3)4)28(22)18-36-26;2*2-1(3,4)8(5,6)7;/h13-14,17-18,23-24,29-32H,5-12,15-16,19-20H2,1-4H3;2*(H,5,6,7);/q;;;+2/p-2/t23-,24-,29-,30-,31+,32+;;;/m0.../s1. The average molecular weight is 864 g/mol. The second-order valence-electron chi connectivity index (χ2n) is 16.9. The Morgan fingerprint density at radius 2 is 1.02 bits per heavy atom. The van der Waals surface area contributed by atoms with E-state index in [4.69, 9.17) is 35.9 Å². The Hall–Kier alpha value is -1.86. The molecule has 6 atom stereocenters. The maximum Gasteiger partial charge on any atom is 2.00 e. The fourth-order valence-electron chi connectivity index (χ4n) is 9.96. The normalized spacial score (nSPS) is 29.2. The fraction of sp³-hybridized carbons (Fsp3) is 0.722. The van der Waals surface area contributed by atoms with Crippen LogP contribution in [0.2, 0.25) is 0 Å². The van der Waals surface area contributed by atoms with Gasteiger partial charge in [0.1, 0.15) is 0 Å². The van der Waals surface area contributed by atoms with E-state index in [9.17, 15) is 26.3 Å². The minimum absolute atomic E-state index is 0. The van der Waals surface area contributed by atoms with Crippen LogP contribution >= 0.6 is 0 Å². The number of hydrogen-bond donors (Lipinski definition) is 0. The number of hydrogen-bond acceptors (Lipinski definition) is 10. The molecule has 0 N–H and O–H groups in total. The molecular weight excluding hydrogens is 817 g/mol. The Morgan fingerprint density at radius 3 is 1.31 bits per heavy atom. The van der Waals surface area contributed by atoms with E-state index in [0.29, 0.717) is 22.9 Å². The number of aromatic nitrogens is 2. The van der Waals surface area contributed by atoms with Gasteiger partial charge in [-0.25, -0.2) is 16.8 Å². The predicted molar refractivity (Wildman–Crippen MR) is 184 cm³/mol. The van der Waals surface area contributed by atoms with Crippen molar-refractivity contribution in [1.29, 1.82) is 0 Å². The van der Waals surface area contributed by atoms with Crippen LogP contribution < -0.4 is 0 Å². The number of alkyl halides is 6. The molecule has 2 aromatic heterocycles. The third kappa shape index (κ3) is 8.79. The third-order valence-electron chi connectivity index (χ3n) is 13.4. The van der Waals surface area contributed by atoms with Crippen molar-refractivity contribution in [2.24, 2.45) is 22.7 Å². The molecule has 19 heteroatoms. The Balaban J connectivity index is 0.000000290. The molecule has 1 radical (unpaired) electrons. The average Bonchev–Trinajstić information content (AvgIpc) is 3.71. The summed E-state index contributed by atoms with van der Waals surface area (Å²) in [6.07, 6.45) is 15.1. The van der Waals surface area contributed by atoms with E-state index in [-0.39, 0.29) is 17.1 Å². The summed E-state index contributed by atoms with van der Waals surface area (Å²) in [5.41, 5.74) is -1.41. The smallest absolute Gasteiger partial charge is 0.741 e. The molecule has 8 aliphatic rings. The van der Waals surface area contributed by atoms with Crippen molar-refractivity contribution in [3.63, 3.8) is 0 Å². The summed E-state index contributed by atoms with van der Waals surface area (Å²) in [5, 5.41) is 0. The number of halogens is 6. The van der Waals surface area contributed by atoms with E-state index in [1.54, 1.807) is 22.3 Å². The molecule has 2 saturated heterocycles. The van der Waals surface area contributed by atoms with Crippen molar-refractivity contribution in [1.82, 2.24) is 19.8 Å². The zero-order valence-corrected chi connectivity index (χ0v) is 33.8. The molecule has 0 amide bonds. The number of likely N-dealkylation sites (tertiary alicyclic amines) is 2. The van der Waals surface area contributed by atoms with Gasteiger partial charge in [-0.1, -0.05) is 27.7 Å². The van der Waals surface area contributed by atoms with Gasteiger partial charge in [-0.05, 0) is 133 Å². The number of pyridine rings is 2. The van der Waals surface area contributed by atoms with Crippen LogP contribution in [0.3, 0.4) is 0 Å². The minimum atomic E-state index is -6.09. The van der Waals surface area contributed by atoms with Gasteiger partial charge in [0.05, 0.1) is 11.4 Å². The molecule has 0 unspecified atom stereocenters. The maximum atomic E-state index is 10.7. The Morgan fingerprint density at radius 1 is 0.691 bits per heavy atom. The van der Waals surface area contributed by atoms with Crippen molar-refractivity contribution in [2.45, 2.75) is 127 Å². The summed E-state index contributed by atoms with van der Waals surface area (Å²) in [7, 11) is -12.2. The summed E-state index contributed by atoms with van der Waals surface area (Å²) in [6, 6.07) is 6.28. The van der Waals surface area contributed by atoms with E-state index in [1.807, 2.05) is 0 Å². The Bertz CT molecular complexity index is 1820. The molecule has 55 heavy (non-hydrogen) atoms. The first-order valence-corrected chi connectivity index (χ1v) is 21.1. The van der Waals surface area contributed by atoms with Crippen molar-refractivity contribution in [2.75, 3.05) is 13.1 Å². The van der Waals surface area contributed by atoms with Crippen molar-refractivity contribution in [3.05, 3.63) is 58.2 Å². The van der Waals surface area contributed by atoms with Gasteiger partial charge in [0.25, 0.3) is 0 Å². The molecular formula is C36H46F6MnN4O6S2. The molecule has 4 heterocycles. The molecule has 2 aliphatic heterocycles. The van der Waals surface area contributed by atoms with E-state index >= 15 is 0 Å². The first-order chi connectivity index (χ1) is 24.8. The van der Waals surface area contributed by atoms with Crippen LogP contribution in [0.1, 0.15) is 112 Å². The summed E-state index contributed by atoms with van der Waals surface area (Å²) in [5.74, 6) is 3.21. The topological polar surface area (TPSA) is 147 Å². The summed E-state index contributed by atoms with van der Waals surface area (Å²) < 4.78 is 118. The number of nitrogens with zero attached hydrogens (tertiary/aromatic N) is 4. The molecule has 10 rings (SSSR count). The zero-order valence-electron chi connectivity index (χ0n) is 31.0. The van der Waals surface area contributed by atoms with Gasteiger partial charge in [0.2, 0.25) is 0 Å². The van der Waals surface area contributed by atoms with Crippen LogP contribution in [0.25, 0.3) is 0 Å². The predicted octanol–water partition coefficient (Wildman–Crippen LogP) is 6.58. The van der Waals surface area contributed by atoms with Gasteiger partial charge >= 0.3 is 28.1 Å². The van der Waals surface area contributed by atoms with Crippen LogP contribution in [0, 0.1) is 22.7 Å². The van der Waals surface area contributed by atoms with Gasteiger partial charge in [-0.2, -0.15) is 26.3 Å². The fourth-order valence-corrected chi connectivity index (χ4v) is 9.96. The Labute approximate surface area is 329 Å². The first-order valence-electron chi connectivity index (χ1n) is 18.3. The van der Waals surface area contributed by atoms with E-state index in [0.717, 1.165) is 36.8 Å². The molecule has 0 aromatic carbocycles. The number of rotatable bonds is 5. The van der Waals surface area contributed by atoms with Crippen molar-refractivity contribution >= 4 is 20.2 Å². The van der Waals surface area contributed by atoms with Gasteiger partial charge < -0.3 is 9.11 Å². The van der Waals surface area contributed by atoms with E-state index in [1.165, 1.54) is 75.8 Å². The maximum absolute atomic E-state index is 10.7. The zero-order chi connectivity index (χ0) is 39.8. The van der Waals surface area contributed by atoms with E-state index < -0.39 is 31.3 Å². The summed E-state index contributed by atoms with van der Waals surface area (Å²) in [6.45, 7) is 14.4. The van der Waals surface area contributed by atoms with Crippen LogP contribution in [-0.4, -0.2) is 81.9 Å².